The average Bonchev–Trinajstić information content (AvgIpc) is 3.30. The first-order chi connectivity index (χ1) is 16.1. The zero-order valence-electron chi connectivity index (χ0n) is 19.2. The molecule has 2 saturated heterocycles. The second-order valence-electron chi connectivity index (χ2n) is 9.58. The van der Waals surface area contributed by atoms with Crippen LogP contribution in [0.15, 0.2) is 48.5 Å². The standard InChI is InChI=1S/C27H33NO5/c1-31-14-15-32-13-12-27(30)16-19-10-11-20(17-27)28(19)26(29)33-18-25-23-8-4-2-6-21(23)22-7-3-5-9-24(22)25/h2-9,19-20,25,30H,10-18H2,1H3. The van der Waals surface area contributed by atoms with Gasteiger partial charge in [0.1, 0.15) is 6.61 Å². The second-order valence-corrected chi connectivity index (χ2v) is 9.58. The van der Waals surface area contributed by atoms with E-state index in [9.17, 15) is 9.90 Å². The van der Waals surface area contributed by atoms with Crippen molar-refractivity contribution in [2.24, 2.45) is 0 Å². The van der Waals surface area contributed by atoms with Gasteiger partial charge >= 0.3 is 6.09 Å². The van der Waals surface area contributed by atoms with Crippen LogP contribution in [-0.2, 0) is 14.2 Å². The van der Waals surface area contributed by atoms with Crippen LogP contribution in [0.5, 0.6) is 0 Å². The number of carbonyl (C=O) groups excluding carboxylic acids is 1. The fraction of sp³-hybridized carbons (Fsp3) is 0.519. The maximum atomic E-state index is 13.2. The van der Waals surface area contributed by atoms with Crippen molar-refractivity contribution in [3.05, 3.63) is 59.7 Å². The maximum Gasteiger partial charge on any atom is 0.410 e. The van der Waals surface area contributed by atoms with Gasteiger partial charge in [0.15, 0.2) is 0 Å². The lowest BCUT2D eigenvalue weighted by Crippen LogP contribution is -2.53. The van der Waals surface area contributed by atoms with Crippen LogP contribution in [0.2, 0.25) is 0 Å². The number of carbonyl (C=O) groups is 1. The summed E-state index contributed by atoms with van der Waals surface area (Å²) in [5.41, 5.74) is 4.11. The van der Waals surface area contributed by atoms with E-state index < -0.39 is 5.60 Å². The van der Waals surface area contributed by atoms with Crippen molar-refractivity contribution in [1.29, 1.82) is 0 Å². The van der Waals surface area contributed by atoms with Crippen molar-refractivity contribution in [3.8, 4) is 11.1 Å². The van der Waals surface area contributed by atoms with E-state index in [0.29, 0.717) is 45.7 Å². The highest BCUT2D eigenvalue weighted by Crippen LogP contribution is 2.45. The van der Waals surface area contributed by atoms with Gasteiger partial charge in [-0.2, -0.15) is 0 Å². The summed E-state index contributed by atoms with van der Waals surface area (Å²) in [6.45, 7) is 1.93. The SMILES string of the molecule is COCCOCCC1(O)CC2CCC(C1)N2C(=O)OCC1c2ccccc2-c2ccccc21. The number of fused-ring (bicyclic) bond motifs is 5. The van der Waals surface area contributed by atoms with Gasteiger partial charge < -0.3 is 24.2 Å². The fourth-order valence-electron chi connectivity index (χ4n) is 6.00. The third-order valence-corrected chi connectivity index (χ3v) is 7.54. The van der Waals surface area contributed by atoms with Gasteiger partial charge in [-0.1, -0.05) is 48.5 Å². The molecule has 1 amide bonds. The molecular weight excluding hydrogens is 418 g/mol. The summed E-state index contributed by atoms with van der Waals surface area (Å²) < 4.78 is 16.5. The summed E-state index contributed by atoms with van der Waals surface area (Å²) in [7, 11) is 1.65. The quantitative estimate of drug-likeness (QED) is 0.605. The molecule has 0 spiro atoms. The smallest absolute Gasteiger partial charge is 0.410 e. The Labute approximate surface area is 195 Å². The number of hydrogen-bond donors (Lipinski definition) is 1. The Morgan fingerprint density at radius 3 is 2.18 bits per heavy atom. The maximum absolute atomic E-state index is 13.2. The fourth-order valence-corrected chi connectivity index (χ4v) is 6.00. The van der Waals surface area contributed by atoms with E-state index in [2.05, 4.69) is 36.4 Å². The van der Waals surface area contributed by atoms with Crippen LogP contribution in [-0.4, -0.2) is 67.3 Å². The molecule has 3 aliphatic rings. The summed E-state index contributed by atoms with van der Waals surface area (Å²) >= 11 is 0. The van der Waals surface area contributed by atoms with Gasteiger partial charge in [0.25, 0.3) is 0 Å². The monoisotopic (exact) mass is 451 g/mol. The molecule has 2 atom stereocenters. The molecule has 2 bridgehead atoms. The summed E-state index contributed by atoms with van der Waals surface area (Å²) in [6.07, 6.45) is 3.34. The number of piperidine rings is 1. The summed E-state index contributed by atoms with van der Waals surface area (Å²) in [5, 5.41) is 11.1. The summed E-state index contributed by atoms with van der Waals surface area (Å²) in [6, 6.07) is 16.8. The van der Waals surface area contributed by atoms with Crippen molar-refractivity contribution < 1.29 is 24.1 Å². The van der Waals surface area contributed by atoms with Crippen LogP contribution in [0.3, 0.4) is 0 Å². The Balaban J connectivity index is 1.21. The van der Waals surface area contributed by atoms with Crippen LogP contribution in [0.1, 0.15) is 49.1 Å². The van der Waals surface area contributed by atoms with Crippen LogP contribution in [0, 0.1) is 0 Å². The molecule has 2 fully saturated rings. The largest absolute Gasteiger partial charge is 0.448 e. The van der Waals surface area contributed by atoms with Crippen LogP contribution in [0.25, 0.3) is 11.1 Å². The lowest BCUT2D eigenvalue weighted by Gasteiger charge is -2.43. The number of amides is 1. The van der Waals surface area contributed by atoms with Gasteiger partial charge in [-0.3, -0.25) is 0 Å². The van der Waals surface area contributed by atoms with Crippen LogP contribution in [0.4, 0.5) is 4.79 Å². The summed E-state index contributed by atoms with van der Waals surface area (Å²) in [5.74, 6) is 0.0602. The van der Waals surface area contributed by atoms with Gasteiger partial charge in [0, 0.05) is 31.7 Å². The van der Waals surface area contributed by atoms with Crippen LogP contribution >= 0.6 is 0 Å². The van der Waals surface area contributed by atoms with Gasteiger partial charge in [0.2, 0.25) is 0 Å². The molecule has 2 aromatic carbocycles. The normalized spacial score (nSPS) is 25.7. The highest BCUT2D eigenvalue weighted by Gasteiger charge is 2.49. The van der Waals surface area contributed by atoms with Gasteiger partial charge in [-0.25, -0.2) is 4.79 Å². The first-order valence-electron chi connectivity index (χ1n) is 12.0. The zero-order valence-corrected chi connectivity index (χ0v) is 19.2. The molecule has 176 valence electrons. The lowest BCUT2D eigenvalue weighted by molar-refractivity contribution is -0.0686. The third kappa shape index (κ3) is 4.39. The number of aliphatic hydroxyl groups is 1. The van der Waals surface area contributed by atoms with Crippen molar-refractivity contribution >= 4 is 6.09 Å². The Bertz CT molecular complexity index is 932. The second kappa shape index (κ2) is 9.45. The molecule has 1 aliphatic carbocycles. The molecular formula is C27H33NO5. The molecule has 5 rings (SSSR count). The number of nitrogens with zero attached hydrogens (tertiary/aromatic N) is 1. The minimum Gasteiger partial charge on any atom is -0.448 e. The molecule has 0 saturated carbocycles. The number of methoxy groups -OCH3 is 1. The Morgan fingerprint density at radius 1 is 0.970 bits per heavy atom. The molecule has 2 heterocycles. The number of rotatable bonds is 8. The van der Waals surface area contributed by atoms with Gasteiger partial charge in [0.05, 0.1) is 18.8 Å². The van der Waals surface area contributed by atoms with Crippen molar-refractivity contribution in [3.63, 3.8) is 0 Å². The highest BCUT2D eigenvalue weighted by atomic mass is 16.6. The number of hydrogen-bond acceptors (Lipinski definition) is 5. The first-order valence-corrected chi connectivity index (χ1v) is 12.0. The van der Waals surface area contributed by atoms with Gasteiger partial charge in [-0.15, -0.1) is 0 Å². The Kier molecular flexibility index (Phi) is 6.41. The van der Waals surface area contributed by atoms with E-state index in [4.69, 9.17) is 14.2 Å². The predicted octanol–water partition coefficient (Wildman–Crippen LogP) is 4.35. The molecule has 1 N–H and O–H groups in total. The minimum absolute atomic E-state index is 0.0309. The van der Waals surface area contributed by atoms with E-state index in [1.54, 1.807) is 7.11 Å². The molecule has 6 nitrogen and oxygen atoms in total. The molecule has 2 unspecified atom stereocenters. The Morgan fingerprint density at radius 2 is 1.58 bits per heavy atom. The predicted molar refractivity (Wildman–Crippen MR) is 125 cm³/mol. The molecule has 2 aliphatic heterocycles. The van der Waals surface area contributed by atoms with Crippen molar-refractivity contribution in [1.82, 2.24) is 4.90 Å². The molecule has 33 heavy (non-hydrogen) atoms. The molecule has 2 aromatic rings. The lowest BCUT2D eigenvalue weighted by atomic mass is 9.84. The van der Waals surface area contributed by atoms with Crippen molar-refractivity contribution in [2.75, 3.05) is 33.5 Å². The molecule has 6 heteroatoms. The first kappa shape index (κ1) is 22.4. The number of ether oxygens (including phenoxy) is 3. The van der Waals surface area contributed by atoms with Crippen LogP contribution < -0.4 is 0 Å². The van der Waals surface area contributed by atoms with E-state index >= 15 is 0 Å². The van der Waals surface area contributed by atoms with E-state index in [1.807, 2.05) is 17.0 Å². The number of benzene rings is 2. The van der Waals surface area contributed by atoms with E-state index in [-0.39, 0.29) is 24.1 Å². The van der Waals surface area contributed by atoms with Crippen molar-refractivity contribution in [2.45, 2.75) is 55.7 Å². The third-order valence-electron chi connectivity index (χ3n) is 7.54. The average molecular weight is 452 g/mol. The Hall–Kier alpha value is -2.41. The summed E-state index contributed by atoms with van der Waals surface area (Å²) in [4.78, 5) is 15.1. The van der Waals surface area contributed by atoms with E-state index in [0.717, 1.165) is 12.8 Å². The topological polar surface area (TPSA) is 68.2 Å². The molecule has 0 aromatic heterocycles. The zero-order chi connectivity index (χ0) is 22.8. The minimum atomic E-state index is -0.779. The highest BCUT2D eigenvalue weighted by molar-refractivity contribution is 5.79. The van der Waals surface area contributed by atoms with E-state index in [1.165, 1.54) is 22.3 Å². The molecule has 0 radical (unpaired) electrons. The van der Waals surface area contributed by atoms with Gasteiger partial charge in [-0.05, 0) is 54.4 Å².